The highest BCUT2D eigenvalue weighted by molar-refractivity contribution is 6.13. The molecule has 0 aliphatic carbocycles. The Morgan fingerprint density at radius 2 is 1.26 bits per heavy atom. The molecule has 4 atom stereocenters. The van der Waals surface area contributed by atoms with Crippen LogP contribution in [-0.4, -0.2) is 74.0 Å². The Hall–Kier alpha value is -8.39. The molecule has 0 spiro atoms. The second kappa shape index (κ2) is 19.6. The van der Waals surface area contributed by atoms with Crippen molar-refractivity contribution in [2.24, 2.45) is 5.92 Å². The lowest BCUT2D eigenvalue weighted by Gasteiger charge is -2.27. The zero-order chi connectivity index (χ0) is 47.3. The molecule has 0 radical (unpaired) electrons. The monoisotopic (exact) mass is 909 g/mol. The van der Waals surface area contributed by atoms with Crippen molar-refractivity contribution in [3.63, 3.8) is 0 Å². The van der Waals surface area contributed by atoms with Crippen molar-refractivity contribution in [2.45, 2.75) is 57.8 Å². The summed E-state index contributed by atoms with van der Waals surface area (Å²) >= 11 is 0. The number of amides is 3. The number of rotatable bonds is 17. The van der Waals surface area contributed by atoms with Gasteiger partial charge in [0.2, 0.25) is 11.8 Å². The second-order valence-corrected chi connectivity index (χ2v) is 17.0. The number of nitrogens with one attached hydrogen (secondary N) is 6. The van der Waals surface area contributed by atoms with E-state index in [0.29, 0.717) is 28.6 Å². The predicted octanol–water partition coefficient (Wildman–Crippen LogP) is 8.40. The lowest BCUT2D eigenvalue weighted by atomic mass is 9.97. The Morgan fingerprint density at radius 1 is 0.676 bits per heavy atom. The molecule has 4 heterocycles. The number of para-hydroxylation sites is 3. The first kappa shape index (κ1) is 44.8. The van der Waals surface area contributed by atoms with E-state index in [1.165, 1.54) is 13.2 Å². The number of H-pyrrole nitrogens is 3. The molecule has 7 N–H and O–H groups in total. The minimum absolute atomic E-state index is 0.0273. The molecule has 0 aliphatic rings. The number of carbonyl (C=O) groups excluding carboxylic acids is 4. The third-order valence-corrected chi connectivity index (χ3v) is 12.6. The van der Waals surface area contributed by atoms with Gasteiger partial charge in [-0.15, -0.1) is 0 Å². The number of aromatic amines is 3. The quantitative estimate of drug-likeness (QED) is 0.0441. The van der Waals surface area contributed by atoms with Crippen molar-refractivity contribution >= 4 is 67.3 Å². The van der Waals surface area contributed by atoms with Gasteiger partial charge < -0.3 is 45.5 Å². The van der Waals surface area contributed by atoms with Gasteiger partial charge in [-0.1, -0.05) is 105 Å². The van der Waals surface area contributed by atoms with Gasteiger partial charge in [0.05, 0.1) is 18.3 Å². The van der Waals surface area contributed by atoms with Crippen LogP contribution in [0.4, 0.5) is 0 Å². The molecule has 9 rings (SSSR count). The standard InChI is InChI=1S/C54H51N7O7/c1-4-31(2)48(54(66)68-30-32-14-6-5-7-15-32)61-53(65)44(25-35-29-56-41-20-12-9-17-37(35)41)60-51(63)43(24-34-28-55-40-19-11-8-16-36(34)40)59-52(64)45-27-39-38-18-10-13-21-42(38)57-50(39)49(58-45)33-22-23-46(62)47(26-33)67-3/h5-23,26-29,31,43-44,48,55-57,62H,4,24-25,30H2,1-3H3,(H,59,64)(H,60,63)(H,61,65)/t31-,43-,44-,48-/m0/s1. The maximum absolute atomic E-state index is 15.0. The van der Waals surface area contributed by atoms with Crippen LogP contribution in [-0.2, 0) is 38.6 Å². The van der Waals surface area contributed by atoms with Gasteiger partial charge in [0, 0.05) is 68.9 Å². The number of nitrogens with zero attached hydrogens (tertiary/aromatic N) is 1. The van der Waals surface area contributed by atoms with E-state index >= 15 is 4.79 Å². The maximum Gasteiger partial charge on any atom is 0.329 e. The minimum Gasteiger partial charge on any atom is -0.504 e. The van der Waals surface area contributed by atoms with Gasteiger partial charge in [0.1, 0.15) is 30.4 Å². The first-order valence-electron chi connectivity index (χ1n) is 22.6. The fourth-order valence-corrected chi connectivity index (χ4v) is 8.70. The molecule has 344 valence electrons. The second-order valence-electron chi connectivity index (χ2n) is 17.0. The van der Waals surface area contributed by atoms with Crippen LogP contribution in [0.2, 0.25) is 0 Å². The summed E-state index contributed by atoms with van der Waals surface area (Å²) in [4.78, 5) is 73.0. The number of pyridine rings is 1. The Kier molecular flexibility index (Phi) is 12.9. The van der Waals surface area contributed by atoms with Gasteiger partial charge in [0.25, 0.3) is 5.91 Å². The third kappa shape index (κ3) is 9.34. The minimum atomic E-state index is -1.22. The lowest BCUT2D eigenvalue weighted by Crippen LogP contribution is -2.57. The molecule has 4 aromatic heterocycles. The van der Waals surface area contributed by atoms with Crippen LogP contribution in [0.3, 0.4) is 0 Å². The van der Waals surface area contributed by atoms with E-state index in [4.69, 9.17) is 14.5 Å². The number of methoxy groups -OCH3 is 1. The Labute approximate surface area is 391 Å². The number of benzene rings is 5. The predicted molar refractivity (Wildman–Crippen MR) is 262 cm³/mol. The van der Waals surface area contributed by atoms with Gasteiger partial charge in [-0.05, 0) is 65.1 Å². The Balaban J connectivity index is 1.07. The molecule has 9 aromatic rings. The number of phenolic OH excluding ortho intramolecular Hbond substituents is 1. The molecule has 14 nitrogen and oxygen atoms in total. The first-order valence-corrected chi connectivity index (χ1v) is 22.6. The van der Waals surface area contributed by atoms with Crippen LogP contribution < -0.4 is 20.7 Å². The zero-order valence-electron chi connectivity index (χ0n) is 37.8. The molecule has 0 fully saturated rings. The van der Waals surface area contributed by atoms with Crippen LogP contribution in [0.5, 0.6) is 11.5 Å². The summed E-state index contributed by atoms with van der Waals surface area (Å²) < 4.78 is 11.2. The summed E-state index contributed by atoms with van der Waals surface area (Å²) in [5, 5.41) is 22.7. The molecular weight excluding hydrogens is 859 g/mol. The normalized spacial score (nSPS) is 13.2. The average molecular weight is 910 g/mol. The lowest BCUT2D eigenvalue weighted by molar-refractivity contribution is -0.151. The molecular formula is C54H51N7O7. The number of esters is 1. The summed E-state index contributed by atoms with van der Waals surface area (Å²) in [7, 11) is 1.45. The van der Waals surface area contributed by atoms with E-state index in [1.807, 2.05) is 117 Å². The van der Waals surface area contributed by atoms with Gasteiger partial charge in [-0.3, -0.25) is 14.4 Å². The molecule has 0 aliphatic heterocycles. The molecule has 3 amide bonds. The number of hydrogen-bond donors (Lipinski definition) is 7. The van der Waals surface area contributed by atoms with Gasteiger partial charge in [0.15, 0.2) is 11.5 Å². The van der Waals surface area contributed by atoms with Crippen molar-refractivity contribution in [1.82, 2.24) is 35.9 Å². The Morgan fingerprint density at radius 3 is 1.91 bits per heavy atom. The van der Waals surface area contributed by atoms with E-state index < -0.39 is 41.8 Å². The molecule has 0 unspecified atom stereocenters. The summed E-state index contributed by atoms with van der Waals surface area (Å²) in [6.45, 7) is 3.81. The smallest absolute Gasteiger partial charge is 0.329 e. The molecule has 14 heteroatoms. The molecule has 0 saturated heterocycles. The highest BCUT2D eigenvalue weighted by atomic mass is 16.5. The number of hydrogen-bond acceptors (Lipinski definition) is 8. The third-order valence-electron chi connectivity index (χ3n) is 12.6. The number of aromatic nitrogens is 4. The van der Waals surface area contributed by atoms with Crippen molar-refractivity contribution in [1.29, 1.82) is 0 Å². The topological polar surface area (TPSA) is 203 Å². The summed E-state index contributed by atoms with van der Waals surface area (Å²) in [6.07, 6.45) is 4.26. The number of carbonyl (C=O) groups is 4. The number of phenols is 1. The van der Waals surface area contributed by atoms with Crippen molar-refractivity contribution in [3.05, 3.63) is 162 Å². The van der Waals surface area contributed by atoms with E-state index in [1.54, 1.807) is 30.6 Å². The van der Waals surface area contributed by atoms with Gasteiger partial charge >= 0.3 is 5.97 Å². The molecule has 0 saturated carbocycles. The Bertz CT molecular complexity index is 3300. The first-order chi connectivity index (χ1) is 33.1. The highest BCUT2D eigenvalue weighted by Gasteiger charge is 2.34. The van der Waals surface area contributed by atoms with Crippen LogP contribution in [0.1, 0.15) is 47.4 Å². The van der Waals surface area contributed by atoms with Crippen molar-refractivity contribution < 1.29 is 33.8 Å². The summed E-state index contributed by atoms with van der Waals surface area (Å²) in [6, 6.07) is 35.4. The van der Waals surface area contributed by atoms with Crippen LogP contribution in [0.15, 0.2) is 140 Å². The maximum atomic E-state index is 15.0. The van der Waals surface area contributed by atoms with Crippen molar-refractivity contribution in [2.75, 3.05) is 7.11 Å². The summed E-state index contributed by atoms with van der Waals surface area (Å²) in [5.41, 5.74) is 6.53. The van der Waals surface area contributed by atoms with E-state index in [-0.39, 0.29) is 42.6 Å². The van der Waals surface area contributed by atoms with E-state index in [9.17, 15) is 19.5 Å². The van der Waals surface area contributed by atoms with Gasteiger partial charge in [-0.25, -0.2) is 9.78 Å². The van der Waals surface area contributed by atoms with Crippen LogP contribution >= 0.6 is 0 Å². The zero-order valence-corrected chi connectivity index (χ0v) is 37.8. The number of ether oxygens (including phenoxy) is 2. The van der Waals surface area contributed by atoms with Crippen LogP contribution in [0, 0.1) is 5.92 Å². The summed E-state index contributed by atoms with van der Waals surface area (Å²) in [5.74, 6) is -2.60. The number of aromatic hydroxyl groups is 1. The van der Waals surface area contributed by atoms with E-state index in [2.05, 4.69) is 30.9 Å². The largest absolute Gasteiger partial charge is 0.504 e. The van der Waals surface area contributed by atoms with Gasteiger partial charge in [-0.2, -0.15) is 0 Å². The van der Waals surface area contributed by atoms with Crippen molar-refractivity contribution in [3.8, 4) is 22.8 Å². The fourth-order valence-electron chi connectivity index (χ4n) is 8.70. The molecule has 5 aromatic carbocycles. The fraction of sp³-hybridized carbons (Fsp3) is 0.204. The highest BCUT2D eigenvalue weighted by Crippen LogP contribution is 2.36. The average Bonchev–Trinajstić information content (AvgIpc) is 4.09. The SMILES string of the molecule is CC[C@H](C)[C@H](NC(=O)[C@H](Cc1c[nH]c2ccccc12)NC(=O)[C@H](Cc1c[nH]c2ccccc12)NC(=O)c1cc2c([nH]c3ccccc32)c(-c2ccc(O)c(OC)c2)n1)C(=O)OCc1ccccc1. The van der Waals surface area contributed by atoms with Crippen LogP contribution in [0.25, 0.3) is 54.9 Å². The molecule has 68 heavy (non-hydrogen) atoms. The number of fused-ring (bicyclic) bond motifs is 5. The molecule has 0 bridgehead atoms. The van der Waals surface area contributed by atoms with E-state index in [0.717, 1.165) is 49.4 Å².